The molecule has 0 bridgehead atoms. The van der Waals surface area contributed by atoms with Gasteiger partial charge in [-0.3, -0.25) is 9.59 Å². The number of carbonyl (C=O) groups is 3. The van der Waals surface area contributed by atoms with Crippen molar-refractivity contribution in [2.75, 3.05) is 39.1 Å². The van der Waals surface area contributed by atoms with Crippen molar-refractivity contribution in [3.05, 3.63) is 93.0 Å². The zero-order valence-electron chi connectivity index (χ0n) is 25.8. The molecule has 0 saturated carbocycles. The first-order valence-corrected chi connectivity index (χ1v) is 15.4. The summed E-state index contributed by atoms with van der Waals surface area (Å²) in [7, 11) is 5.11. The third-order valence-corrected chi connectivity index (χ3v) is 8.69. The number of phenolic OH excluding ortho intramolecular Hbond substituents is 1. The molecular weight excluding hydrogens is 660 g/mol. The van der Waals surface area contributed by atoms with Crippen LogP contribution in [0.4, 0.5) is 23.7 Å². The van der Waals surface area contributed by atoms with Gasteiger partial charge in [0.1, 0.15) is 18.0 Å². The summed E-state index contributed by atoms with van der Waals surface area (Å²) in [5.74, 6) is -0.754. The summed E-state index contributed by atoms with van der Waals surface area (Å²) in [5.41, 5.74) is 0.933. The average molecular weight is 694 g/mol. The van der Waals surface area contributed by atoms with Crippen LogP contribution in [0.15, 0.2) is 60.7 Å². The number of phenols is 1. The minimum Gasteiger partial charge on any atom is -0.508 e. The van der Waals surface area contributed by atoms with Crippen LogP contribution in [0.5, 0.6) is 5.75 Å². The lowest BCUT2D eigenvalue weighted by Gasteiger charge is -2.54. The van der Waals surface area contributed by atoms with Gasteiger partial charge in [-0.05, 0) is 47.0 Å². The van der Waals surface area contributed by atoms with Crippen molar-refractivity contribution >= 4 is 46.7 Å². The molecule has 10 nitrogen and oxygen atoms in total. The number of alkyl halides is 3. The second-order valence-electron chi connectivity index (χ2n) is 11.7. The molecule has 2 fully saturated rings. The summed E-state index contributed by atoms with van der Waals surface area (Å²) < 4.78 is 40.9. The number of urea groups is 1. The van der Waals surface area contributed by atoms with Crippen LogP contribution in [0.3, 0.4) is 0 Å². The number of likely N-dealkylation sites (N-methyl/N-ethyl adjacent to an activating group) is 1. The fourth-order valence-corrected chi connectivity index (χ4v) is 6.86. The number of carbonyl (C=O) groups excluding carboxylic acids is 3. The molecule has 2 atom stereocenters. The van der Waals surface area contributed by atoms with Crippen molar-refractivity contribution in [2.45, 2.75) is 37.9 Å². The second-order valence-corrected chi connectivity index (χ2v) is 12.5. The van der Waals surface area contributed by atoms with Crippen LogP contribution in [0.2, 0.25) is 10.0 Å². The highest BCUT2D eigenvalue weighted by molar-refractivity contribution is 6.36. The molecule has 3 aromatic carbocycles. The summed E-state index contributed by atoms with van der Waals surface area (Å²) >= 11 is 12.9. The molecule has 3 aromatic rings. The molecule has 4 amide bonds. The van der Waals surface area contributed by atoms with Crippen LogP contribution < -0.4 is 10.2 Å². The summed E-state index contributed by atoms with van der Waals surface area (Å²) in [6.07, 6.45) is -5.55. The maximum Gasteiger partial charge on any atom is 0.416 e. The maximum atomic E-state index is 14.2. The predicted molar refractivity (Wildman–Crippen MR) is 171 cm³/mol. The SMILES string of the molecule is CN(C)c1c(Cl)cc(Cl)cc1CN1CC2N(C(=O)CN(C)N2C(=O)NCc2ccccc2C(F)(F)F)[C@@H](Cc2ccc(O)cc2)C1=O. The van der Waals surface area contributed by atoms with Crippen molar-refractivity contribution in [3.63, 3.8) is 0 Å². The van der Waals surface area contributed by atoms with Gasteiger partial charge in [-0.1, -0.05) is 53.5 Å². The number of rotatable bonds is 7. The number of amides is 4. The van der Waals surface area contributed by atoms with Crippen LogP contribution >= 0.6 is 23.2 Å². The van der Waals surface area contributed by atoms with E-state index in [9.17, 15) is 32.7 Å². The number of hydrazine groups is 1. The highest BCUT2D eigenvalue weighted by Crippen LogP contribution is 2.36. The highest BCUT2D eigenvalue weighted by atomic mass is 35.5. The second kappa shape index (κ2) is 13.5. The zero-order chi connectivity index (χ0) is 34.2. The molecule has 47 heavy (non-hydrogen) atoms. The zero-order valence-corrected chi connectivity index (χ0v) is 27.3. The van der Waals surface area contributed by atoms with Gasteiger partial charge in [-0.15, -0.1) is 0 Å². The lowest BCUT2D eigenvalue weighted by molar-refractivity contribution is -0.187. The van der Waals surface area contributed by atoms with Crippen molar-refractivity contribution in [3.8, 4) is 5.75 Å². The van der Waals surface area contributed by atoms with Crippen molar-refractivity contribution < 1.29 is 32.7 Å². The minimum atomic E-state index is -4.62. The summed E-state index contributed by atoms with van der Waals surface area (Å²) in [6.45, 7) is -0.747. The Morgan fingerprint density at radius 3 is 2.38 bits per heavy atom. The fraction of sp³-hybridized carbons (Fsp3) is 0.344. The van der Waals surface area contributed by atoms with Gasteiger partial charge >= 0.3 is 12.2 Å². The molecule has 15 heteroatoms. The smallest absolute Gasteiger partial charge is 0.416 e. The number of halogens is 5. The normalized spacial score (nSPS) is 18.8. The van der Waals surface area contributed by atoms with Gasteiger partial charge in [0.2, 0.25) is 11.8 Å². The van der Waals surface area contributed by atoms with E-state index in [-0.39, 0.29) is 43.3 Å². The number of nitrogens with one attached hydrogen (secondary N) is 1. The van der Waals surface area contributed by atoms with Gasteiger partial charge < -0.3 is 25.1 Å². The van der Waals surface area contributed by atoms with Crippen LogP contribution in [-0.4, -0.2) is 89.2 Å². The highest BCUT2D eigenvalue weighted by Gasteiger charge is 2.51. The van der Waals surface area contributed by atoms with Gasteiger partial charge in [0.05, 0.1) is 29.4 Å². The molecule has 2 aliphatic rings. The maximum absolute atomic E-state index is 14.2. The molecule has 0 spiro atoms. The Bertz CT molecular complexity index is 1670. The van der Waals surface area contributed by atoms with E-state index in [1.807, 2.05) is 0 Å². The number of fused-ring (bicyclic) bond motifs is 1. The lowest BCUT2D eigenvalue weighted by Crippen LogP contribution is -2.76. The number of piperazine rings is 1. The molecule has 0 aromatic heterocycles. The molecule has 0 radical (unpaired) electrons. The monoisotopic (exact) mass is 692 g/mol. The van der Waals surface area contributed by atoms with Crippen LogP contribution in [0.1, 0.15) is 22.3 Å². The molecule has 2 N–H and O–H groups in total. The number of hydrogen-bond acceptors (Lipinski definition) is 6. The van der Waals surface area contributed by atoms with Crippen molar-refractivity contribution in [1.29, 1.82) is 0 Å². The minimum absolute atomic E-state index is 0.0305. The van der Waals surface area contributed by atoms with Gasteiger partial charge in [0, 0.05) is 45.7 Å². The Hall–Kier alpha value is -4.20. The molecule has 2 heterocycles. The number of hydrogen-bond donors (Lipinski definition) is 2. The first kappa shape index (κ1) is 34.1. The molecular formula is C32H33Cl2F3N6O4. The Morgan fingerprint density at radius 2 is 1.72 bits per heavy atom. The van der Waals surface area contributed by atoms with E-state index in [1.165, 1.54) is 57.2 Å². The number of nitrogens with zero attached hydrogens (tertiary/aromatic N) is 5. The number of benzene rings is 3. The van der Waals surface area contributed by atoms with Gasteiger partial charge in [0.25, 0.3) is 0 Å². The van der Waals surface area contributed by atoms with E-state index in [0.717, 1.165) is 6.07 Å². The molecule has 2 saturated heterocycles. The Kier molecular flexibility index (Phi) is 9.81. The largest absolute Gasteiger partial charge is 0.508 e. The Labute approximate surface area is 279 Å². The molecule has 2 aliphatic heterocycles. The predicted octanol–water partition coefficient (Wildman–Crippen LogP) is 4.96. The third-order valence-electron chi connectivity index (χ3n) is 8.18. The molecule has 250 valence electrons. The van der Waals surface area contributed by atoms with Crippen molar-refractivity contribution in [2.24, 2.45) is 0 Å². The van der Waals surface area contributed by atoms with Gasteiger partial charge in [-0.25, -0.2) is 14.8 Å². The Morgan fingerprint density at radius 1 is 1.04 bits per heavy atom. The molecule has 0 aliphatic carbocycles. The van der Waals surface area contributed by atoms with Crippen LogP contribution in [0.25, 0.3) is 0 Å². The van der Waals surface area contributed by atoms with E-state index in [2.05, 4.69) is 5.32 Å². The van der Waals surface area contributed by atoms with Crippen molar-refractivity contribution in [1.82, 2.24) is 25.1 Å². The first-order valence-electron chi connectivity index (χ1n) is 14.6. The standard InChI is InChI=1S/C32H33Cl2F3N6O4/c1-39(2)29-21(13-22(33)14-25(29)34)16-41-17-27-42(26(30(41)46)12-19-8-10-23(44)11-9-19)28(45)18-40(3)43(27)31(47)38-15-20-6-4-5-7-24(20)32(35,36)37/h4-11,13-14,26-27,44H,12,15-18H2,1-3H3,(H,38,47)/t26-,27?/m0/s1. The molecule has 5 rings (SSSR count). The summed E-state index contributed by atoms with van der Waals surface area (Å²) in [6, 6.07) is 12.7. The third kappa shape index (κ3) is 7.21. The number of aromatic hydroxyl groups is 1. The van der Waals surface area contributed by atoms with E-state index >= 15 is 0 Å². The van der Waals surface area contributed by atoms with Gasteiger partial charge in [-0.2, -0.15) is 13.2 Å². The quantitative estimate of drug-likeness (QED) is 0.363. The van der Waals surface area contributed by atoms with E-state index in [4.69, 9.17) is 23.2 Å². The average Bonchev–Trinajstić information content (AvgIpc) is 2.98. The number of anilines is 1. The van der Waals surface area contributed by atoms with E-state index in [1.54, 1.807) is 43.3 Å². The summed E-state index contributed by atoms with van der Waals surface area (Å²) in [5, 5.41) is 15.8. The molecule has 1 unspecified atom stereocenters. The Balaban J connectivity index is 1.51. The first-order chi connectivity index (χ1) is 22.1. The topological polar surface area (TPSA) is 99.7 Å². The lowest BCUT2D eigenvalue weighted by atomic mass is 9.98. The van der Waals surface area contributed by atoms with E-state index < -0.39 is 42.4 Å². The summed E-state index contributed by atoms with van der Waals surface area (Å²) in [4.78, 5) is 46.3. The van der Waals surface area contributed by atoms with E-state index in [0.29, 0.717) is 26.9 Å². The van der Waals surface area contributed by atoms with Crippen LogP contribution in [0, 0.1) is 0 Å². The van der Waals surface area contributed by atoms with Gasteiger partial charge in [0.15, 0.2) is 0 Å². The fourth-order valence-electron chi connectivity index (χ4n) is 6.15. The van der Waals surface area contributed by atoms with Crippen LogP contribution in [-0.2, 0) is 35.3 Å².